The van der Waals surface area contributed by atoms with Crippen LogP contribution in [0.1, 0.15) is 30.6 Å². The number of aromatic amines is 1. The number of carbonyl (C=O) groups excluding carboxylic acids is 1. The summed E-state index contributed by atoms with van der Waals surface area (Å²) in [5, 5.41) is 3.25. The van der Waals surface area contributed by atoms with Crippen molar-refractivity contribution in [3.63, 3.8) is 0 Å². The lowest BCUT2D eigenvalue weighted by Gasteiger charge is -2.35. The highest BCUT2D eigenvalue weighted by Gasteiger charge is 2.21. The highest BCUT2D eigenvalue weighted by Crippen LogP contribution is 2.16. The third kappa shape index (κ3) is 5.21. The first-order chi connectivity index (χ1) is 15.8. The van der Waals surface area contributed by atoms with E-state index in [4.69, 9.17) is 17.0 Å². The van der Waals surface area contributed by atoms with Crippen LogP contribution in [0.3, 0.4) is 0 Å². The van der Waals surface area contributed by atoms with Crippen LogP contribution >= 0.6 is 12.2 Å². The van der Waals surface area contributed by atoms with Gasteiger partial charge in [0.25, 0.3) is 11.5 Å². The van der Waals surface area contributed by atoms with Gasteiger partial charge >= 0.3 is 0 Å². The molecule has 2 atom stereocenters. The van der Waals surface area contributed by atoms with Crippen molar-refractivity contribution in [3.05, 3.63) is 69.0 Å². The maximum Gasteiger partial charge on any atom is 0.266 e. The molecule has 1 saturated heterocycles. The van der Waals surface area contributed by atoms with Gasteiger partial charge in [0.15, 0.2) is 4.77 Å². The van der Waals surface area contributed by atoms with Gasteiger partial charge in [0.05, 0.1) is 28.8 Å². The number of halogens is 1. The lowest BCUT2D eigenvalue weighted by Crippen LogP contribution is -2.46. The Kier molecular flexibility index (Phi) is 7.02. The number of morpholine rings is 1. The van der Waals surface area contributed by atoms with Gasteiger partial charge in [0.2, 0.25) is 0 Å². The summed E-state index contributed by atoms with van der Waals surface area (Å²) < 4.78 is 21.2. The normalized spacial score (nSPS) is 19.0. The zero-order valence-corrected chi connectivity index (χ0v) is 19.5. The highest BCUT2D eigenvalue weighted by atomic mass is 32.1. The van der Waals surface area contributed by atoms with Crippen LogP contribution in [0.15, 0.2) is 47.3 Å². The molecule has 0 bridgehead atoms. The molecule has 2 aromatic carbocycles. The summed E-state index contributed by atoms with van der Waals surface area (Å²) in [6, 6.07) is 10.7. The molecule has 174 valence electrons. The minimum absolute atomic E-state index is 0.0594. The molecule has 1 amide bonds. The van der Waals surface area contributed by atoms with E-state index in [1.165, 1.54) is 12.1 Å². The number of aromatic nitrogens is 2. The summed E-state index contributed by atoms with van der Waals surface area (Å²) in [6.07, 6.45) is 1.26. The number of para-hydroxylation sites is 1. The number of H-pyrrole nitrogens is 1. The van der Waals surface area contributed by atoms with Crippen LogP contribution in [-0.4, -0.2) is 58.7 Å². The fraction of sp³-hybridized carbons (Fsp3) is 0.375. The molecule has 9 heteroatoms. The molecule has 1 aliphatic heterocycles. The first kappa shape index (κ1) is 23.3. The molecular formula is C24H27FN4O3S. The second-order valence-corrected chi connectivity index (χ2v) is 8.80. The third-order valence-corrected chi connectivity index (χ3v) is 5.97. The lowest BCUT2D eigenvalue weighted by molar-refractivity contribution is -0.0679. The number of nitrogens with zero attached hydrogens (tertiary/aromatic N) is 2. The van der Waals surface area contributed by atoms with Gasteiger partial charge in [-0.05, 0) is 62.8 Å². The van der Waals surface area contributed by atoms with Gasteiger partial charge in [-0.1, -0.05) is 12.1 Å². The molecule has 2 heterocycles. The Morgan fingerprint density at radius 2 is 1.94 bits per heavy atom. The maximum absolute atomic E-state index is 14.2. The van der Waals surface area contributed by atoms with E-state index < -0.39 is 11.4 Å². The van der Waals surface area contributed by atoms with Gasteiger partial charge in [-0.15, -0.1) is 0 Å². The Hall–Kier alpha value is -2.88. The van der Waals surface area contributed by atoms with Gasteiger partial charge in [-0.25, -0.2) is 8.96 Å². The summed E-state index contributed by atoms with van der Waals surface area (Å²) in [5.41, 5.74) is 0.489. The molecule has 0 spiro atoms. The van der Waals surface area contributed by atoms with E-state index in [1.54, 1.807) is 30.3 Å². The number of amides is 1. The minimum Gasteiger partial charge on any atom is -0.373 e. The van der Waals surface area contributed by atoms with E-state index in [-0.39, 0.29) is 28.6 Å². The number of fused-ring (bicyclic) bond motifs is 1. The Morgan fingerprint density at radius 3 is 2.67 bits per heavy atom. The Balaban J connectivity index is 1.45. The van der Waals surface area contributed by atoms with E-state index >= 15 is 0 Å². The van der Waals surface area contributed by atoms with Crippen LogP contribution in [0.25, 0.3) is 16.6 Å². The van der Waals surface area contributed by atoms with Crippen LogP contribution in [-0.2, 0) is 4.74 Å². The first-order valence-electron chi connectivity index (χ1n) is 11.0. The van der Waals surface area contributed by atoms with Crippen LogP contribution in [0.5, 0.6) is 0 Å². The molecule has 0 aliphatic carbocycles. The van der Waals surface area contributed by atoms with Crippen molar-refractivity contribution in [2.75, 3.05) is 26.2 Å². The van der Waals surface area contributed by atoms with Crippen molar-refractivity contribution in [1.82, 2.24) is 19.8 Å². The molecule has 0 unspecified atom stereocenters. The second kappa shape index (κ2) is 9.94. The van der Waals surface area contributed by atoms with Gasteiger partial charge in [0, 0.05) is 31.7 Å². The van der Waals surface area contributed by atoms with Crippen molar-refractivity contribution < 1.29 is 13.9 Å². The maximum atomic E-state index is 14.2. The van der Waals surface area contributed by atoms with Gasteiger partial charge in [0.1, 0.15) is 5.82 Å². The largest absolute Gasteiger partial charge is 0.373 e. The van der Waals surface area contributed by atoms with Crippen molar-refractivity contribution in [3.8, 4) is 5.69 Å². The number of benzene rings is 2. The number of rotatable bonds is 6. The number of hydrogen-bond acceptors (Lipinski definition) is 5. The summed E-state index contributed by atoms with van der Waals surface area (Å²) in [6.45, 7) is 7.36. The number of carbonyl (C=O) groups is 1. The Morgan fingerprint density at radius 1 is 1.21 bits per heavy atom. The Labute approximate surface area is 196 Å². The topological polar surface area (TPSA) is 79.4 Å². The van der Waals surface area contributed by atoms with Crippen molar-refractivity contribution in [2.24, 2.45) is 0 Å². The van der Waals surface area contributed by atoms with E-state index in [0.717, 1.165) is 30.6 Å². The molecule has 0 radical (unpaired) electrons. The molecule has 4 rings (SSSR count). The molecule has 7 nitrogen and oxygen atoms in total. The molecule has 0 saturated carbocycles. The van der Waals surface area contributed by atoms with E-state index in [1.807, 2.05) is 0 Å². The van der Waals surface area contributed by atoms with Gasteiger partial charge in [-0.2, -0.15) is 0 Å². The Bertz CT molecular complexity index is 1280. The van der Waals surface area contributed by atoms with E-state index in [9.17, 15) is 14.0 Å². The van der Waals surface area contributed by atoms with Crippen LogP contribution in [0.2, 0.25) is 0 Å². The fourth-order valence-electron chi connectivity index (χ4n) is 4.28. The predicted octanol–water partition coefficient (Wildman–Crippen LogP) is 3.42. The van der Waals surface area contributed by atoms with E-state index in [2.05, 4.69) is 29.0 Å². The van der Waals surface area contributed by atoms with Gasteiger partial charge < -0.3 is 15.0 Å². The third-order valence-electron chi connectivity index (χ3n) is 5.69. The fourth-order valence-corrected chi connectivity index (χ4v) is 4.58. The summed E-state index contributed by atoms with van der Waals surface area (Å²) in [4.78, 5) is 30.9. The minimum atomic E-state index is -0.546. The standard InChI is InChI=1S/C24H27FN4O3S/c1-15-13-28(14-16(2)32-15)11-5-10-26-22(30)17-8-9-18-20(12-17)27-24(33)29(23(18)31)21-7-4-3-6-19(21)25/h3-4,6-9,12,15-16H,5,10-11,13-14H2,1-2H3,(H,26,30)(H,27,33)/t15-,16-/m1/s1. The van der Waals surface area contributed by atoms with Crippen LogP contribution in [0, 0.1) is 10.6 Å². The summed E-state index contributed by atoms with van der Waals surface area (Å²) >= 11 is 5.31. The number of hydrogen-bond donors (Lipinski definition) is 2. The zero-order chi connectivity index (χ0) is 23.5. The van der Waals surface area contributed by atoms with Gasteiger partial charge in [-0.3, -0.25) is 14.5 Å². The molecule has 3 aromatic rings. The first-order valence-corrected chi connectivity index (χ1v) is 11.4. The van der Waals surface area contributed by atoms with E-state index in [0.29, 0.717) is 23.0 Å². The summed E-state index contributed by atoms with van der Waals surface area (Å²) in [7, 11) is 0. The van der Waals surface area contributed by atoms with Crippen molar-refractivity contribution in [2.45, 2.75) is 32.5 Å². The number of ether oxygens (including phenoxy) is 1. The lowest BCUT2D eigenvalue weighted by atomic mass is 10.1. The molecule has 1 aromatic heterocycles. The molecule has 2 N–H and O–H groups in total. The average Bonchev–Trinajstić information content (AvgIpc) is 2.77. The van der Waals surface area contributed by atoms with Crippen molar-refractivity contribution >= 4 is 29.0 Å². The average molecular weight is 471 g/mol. The monoisotopic (exact) mass is 470 g/mol. The molecule has 1 fully saturated rings. The van der Waals surface area contributed by atoms with Crippen molar-refractivity contribution in [1.29, 1.82) is 0 Å². The molecule has 1 aliphatic rings. The highest BCUT2D eigenvalue weighted by molar-refractivity contribution is 7.71. The number of nitrogens with one attached hydrogen (secondary N) is 2. The van der Waals surface area contributed by atoms with Crippen LogP contribution < -0.4 is 10.9 Å². The van der Waals surface area contributed by atoms with Crippen LogP contribution in [0.4, 0.5) is 4.39 Å². The second-order valence-electron chi connectivity index (χ2n) is 8.41. The SMILES string of the molecule is C[C@@H]1CN(CCCNC(=O)c2ccc3c(=O)n(-c4ccccc4F)c(=S)[nH]c3c2)C[C@@H](C)O1. The summed E-state index contributed by atoms with van der Waals surface area (Å²) in [5.74, 6) is -0.770. The molecular weight excluding hydrogens is 443 g/mol. The quantitative estimate of drug-likeness (QED) is 0.426. The predicted molar refractivity (Wildman–Crippen MR) is 128 cm³/mol. The molecule has 33 heavy (non-hydrogen) atoms. The zero-order valence-electron chi connectivity index (χ0n) is 18.6. The smallest absolute Gasteiger partial charge is 0.266 e.